The van der Waals surface area contributed by atoms with E-state index in [-0.39, 0.29) is 12.1 Å². The van der Waals surface area contributed by atoms with E-state index in [2.05, 4.69) is 15.7 Å². The molecule has 2 N–H and O–H groups in total. The maximum Gasteiger partial charge on any atom is 0.319 e. The van der Waals surface area contributed by atoms with Crippen molar-refractivity contribution in [1.82, 2.24) is 15.1 Å². The van der Waals surface area contributed by atoms with Gasteiger partial charge < -0.3 is 10.6 Å². The Morgan fingerprint density at radius 1 is 1.61 bits per heavy atom. The number of hydrogen-bond acceptors (Lipinski definition) is 2. The van der Waals surface area contributed by atoms with Crippen LogP contribution in [0.15, 0.2) is 12.4 Å². The summed E-state index contributed by atoms with van der Waals surface area (Å²) in [6.07, 6.45) is 2.57. The zero-order valence-corrected chi connectivity index (χ0v) is 10.1. The highest BCUT2D eigenvalue weighted by atomic mass is 19.3. The highest BCUT2D eigenvalue weighted by Crippen LogP contribution is 2.32. The van der Waals surface area contributed by atoms with Crippen LogP contribution in [0.3, 0.4) is 0 Å². The van der Waals surface area contributed by atoms with Crippen LogP contribution in [0.5, 0.6) is 0 Å². The van der Waals surface area contributed by atoms with Crippen molar-refractivity contribution in [3.8, 4) is 0 Å². The van der Waals surface area contributed by atoms with Crippen molar-refractivity contribution >= 4 is 11.7 Å². The van der Waals surface area contributed by atoms with Crippen LogP contribution in [0.2, 0.25) is 0 Å². The predicted molar refractivity (Wildman–Crippen MR) is 62.6 cm³/mol. The first-order valence-corrected chi connectivity index (χ1v) is 5.92. The Morgan fingerprint density at radius 3 is 2.94 bits per heavy atom. The molecule has 0 radical (unpaired) electrons. The van der Waals surface area contributed by atoms with E-state index in [0.29, 0.717) is 11.6 Å². The van der Waals surface area contributed by atoms with Gasteiger partial charge in [-0.05, 0) is 25.7 Å². The topological polar surface area (TPSA) is 59.0 Å². The van der Waals surface area contributed by atoms with E-state index < -0.39 is 13.0 Å². The number of alkyl halides is 2. The summed E-state index contributed by atoms with van der Waals surface area (Å²) < 4.78 is 25.3. The lowest BCUT2D eigenvalue weighted by molar-refractivity contribution is 0.122. The number of carbonyl (C=O) groups is 1. The van der Waals surface area contributed by atoms with Gasteiger partial charge in [-0.1, -0.05) is 0 Å². The fourth-order valence-corrected chi connectivity index (χ4v) is 1.76. The number of rotatable bonds is 5. The molecule has 0 unspecified atom stereocenters. The minimum absolute atomic E-state index is 0.140. The minimum Gasteiger partial charge on any atom is -0.335 e. The van der Waals surface area contributed by atoms with Gasteiger partial charge in [0.05, 0.1) is 11.9 Å². The summed E-state index contributed by atoms with van der Waals surface area (Å²) in [5, 5.41) is 9.11. The summed E-state index contributed by atoms with van der Waals surface area (Å²) in [4.78, 5) is 11.6. The Balaban J connectivity index is 1.80. The summed E-state index contributed by atoms with van der Waals surface area (Å²) in [5.74, 6) is 0.567. The van der Waals surface area contributed by atoms with Crippen LogP contribution in [0.1, 0.15) is 19.8 Å². The lowest BCUT2D eigenvalue weighted by Crippen LogP contribution is -2.37. The molecule has 5 nitrogen and oxygen atoms in total. The van der Waals surface area contributed by atoms with Gasteiger partial charge in [-0.15, -0.1) is 0 Å². The van der Waals surface area contributed by atoms with Crippen molar-refractivity contribution in [2.24, 2.45) is 5.92 Å². The van der Waals surface area contributed by atoms with Gasteiger partial charge in [0.15, 0.2) is 0 Å². The Bertz CT molecular complexity index is 417. The number of anilines is 1. The number of halogens is 2. The molecular formula is C11H16F2N4O. The average Bonchev–Trinajstić information content (AvgIpc) is 3.02. The van der Waals surface area contributed by atoms with Gasteiger partial charge in [0.25, 0.3) is 6.43 Å². The largest absolute Gasteiger partial charge is 0.335 e. The molecule has 1 fully saturated rings. The maximum absolute atomic E-state index is 12.1. The Labute approximate surface area is 104 Å². The fraction of sp³-hybridized carbons (Fsp3) is 0.636. The van der Waals surface area contributed by atoms with E-state index in [1.807, 2.05) is 6.92 Å². The van der Waals surface area contributed by atoms with Gasteiger partial charge in [-0.3, -0.25) is 4.68 Å². The molecule has 100 valence electrons. The molecule has 0 aromatic carbocycles. The quantitative estimate of drug-likeness (QED) is 0.849. The number of amides is 2. The normalized spacial score (nSPS) is 16.7. The van der Waals surface area contributed by atoms with Crippen molar-refractivity contribution in [3.63, 3.8) is 0 Å². The fourth-order valence-electron chi connectivity index (χ4n) is 1.76. The van der Waals surface area contributed by atoms with E-state index >= 15 is 0 Å². The Hall–Kier alpha value is -1.66. The molecule has 18 heavy (non-hydrogen) atoms. The molecule has 1 heterocycles. The number of urea groups is 1. The second-order valence-electron chi connectivity index (χ2n) is 4.57. The maximum atomic E-state index is 12.1. The van der Waals surface area contributed by atoms with E-state index in [4.69, 9.17) is 0 Å². The molecule has 0 bridgehead atoms. The third-order valence-corrected chi connectivity index (χ3v) is 2.90. The first kappa shape index (κ1) is 12.8. The molecule has 0 saturated heterocycles. The highest BCUT2D eigenvalue weighted by molar-refractivity contribution is 5.89. The summed E-state index contributed by atoms with van der Waals surface area (Å²) in [6, 6.07) is -0.188. The SMILES string of the molecule is C[C@H](NC(=O)Nc1cnn(CC(F)F)c1)C1CC1. The van der Waals surface area contributed by atoms with Crippen molar-refractivity contribution in [1.29, 1.82) is 0 Å². The third kappa shape index (κ3) is 3.68. The van der Waals surface area contributed by atoms with Crippen LogP contribution in [0.25, 0.3) is 0 Å². The molecule has 1 saturated carbocycles. The molecule has 7 heteroatoms. The summed E-state index contributed by atoms with van der Waals surface area (Å²) in [7, 11) is 0. The lowest BCUT2D eigenvalue weighted by Gasteiger charge is -2.12. The molecule has 1 aliphatic carbocycles. The van der Waals surface area contributed by atoms with Crippen molar-refractivity contribution in [2.75, 3.05) is 5.32 Å². The molecule has 1 atom stereocenters. The predicted octanol–water partition coefficient (Wildman–Crippen LogP) is 2.07. The molecule has 2 amide bonds. The van der Waals surface area contributed by atoms with Gasteiger partial charge in [0, 0.05) is 12.2 Å². The Morgan fingerprint density at radius 2 is 2.33 bits per heavy atom. The number of nitrogens with one attached hydrogen (secondary N) is 2. The number of nitrogens with zero attached hydrogens (tertiary/aromatic N) is 2. The molecule has 0 aliphatic heterocycles. The number of hydrogen-bond donors (Lipinski definition) is 2. The van der Waals surface area contributed by atoms with Gasteiger partial charge in [-0.25, -0.2) is 13.6 Å². The van der Waals surface area contributed by atoms with Gasteiger partial charge in [-0.2, -0.15) is 5.10 Å². The molecule has 2 rings (SSSR count). The second kappa shape index (κ2) is 5.32. The second-order valence-corrected chi connectivity index (χ2v) is 4.57. The van der Waals surface area contributed by atoms with E-state index in [0.717, 1.165) is 17.5 Å². The minimum atomic E-state index is -2.46. The summed E-state index contributed by atoms with van der Waals surface area (Å²) in [5.41, 5.74) is 0.413. The molecule has 0 spiro atoms. The van der Waals surface area contributed by atoms with Crippen LogP contribution < -0.4 is 10.6 Å². The Kier molecular flexibility index (Phi) is 3.78. The van der Waals surface area contributed by atoms with Crippen molar-refractivity contribution < 1.29 is 13.6 Å². The van der Waals surface area contributed by atoms with Crippen LogP contribution in [-0.2, 0) is 6.54 Å². The van der Waals surface area contributed by atoms with Gasteiger partial charge >= 0.3 is 6.03 Å². The monoisotopic (exact) mass is 258 g/mol. The van der Waals surface area contributed by atoms with E-state index in [1.54, 1.807) is 0 Å². The van der Waals surface area contributed by atoms with Crippen LogP contribution in [-0.4, -0.2) is 28.3 Å². The van der Waals surface area contributed by atoms with Crippen LogP contribution in [0.4, 0.5) is 19.3 Å². The van der Waals surface area contributed by atoms with Gasteiger partial charge in [0.2, 0.25) is 0 Å². The van der Waals surface area contributed by atoms with Crippen molar-refractivity contribution in [2.45, 2.75) is 38.8 Å². The van der Waals surface area contributed by atoms with Crippen LogP contribution >= 0.6 is 0 Å². The standard InChI is InChI=1S/C11H16F2N4O/c1-7(8-2-3-8)15-11(18)16-9-4-14-17(5-9)6-10(12)13/h4-5,7-8,10H,2-3,6H2,1H3,(H2,15,16,18)/t7-/m0/s1. The zero-order valence-electron chi connectivity index (χ0n) is 10.1. The zero-order chi connectivity index (χ0) is 13.1. The molecule has 1 aromatic heterocycles. The van der Waals surface area contributed by atoms with Gasteiger partial charge in [0.1, 0.15) is 6.54 Å². The van der Waals surface area contributed by atoms with Crippen molar-refractivity contribution in [3.05, 3.63) is 12.4 Å². The van der Waals surface area contributed by atoms with E-state index in [9.17, 15) is 13.6 Å². The van der Waals surface area contributed by atoms with E-state index in [1.165, 1.54) is 12.4 Å². The number of carbonyl (C=O) groups excluding carboxylic acids is 1. The average molecular weight is 258 g/mol. The molecular weight excluding hydrogens is 242 g/mol. The molecule has 1 aliphatic rings. The highest BCUT2D eigenvalue weighted by Gasteiger charge is 2.28. The summed E-state index contributed by atoms with van der Waals surface area (Å²) >= 11 is 0. The smallest absolute Gasteiger partial charge is 0.319 e. The first-order chi connectivity index (χ1) is 8.54. The van der Waals surface area contributed by atoms with Crippen LogP contribution in [0, 0.1) is 5.92 Å². The number of aromatic nitrogens is 2. The molecule has 1 aromatic rings. The summed E-state index contributed by atoms with van der Waals surface area (Å²) in [6.45, 7) is 1.49. The lowest BCUT2D eigenvalue weighted by atomic mass is 10.2. The third-order valence-electron chi connectivity index (χ3n) is 2.90. The first-order valence-electron chi connectivity index (χ1n) is 5.92.